The van der Waals surface area contributed by atoms with Crippen LogP contribution in [0.25, 0.3) is 0 Å². The second-order valence-electron chi connectivity index (χ2n) is 4.06. The molecule has 0 radical (unpaired) electrons. The van der Waals surface area contributed by atoms with Crippen LogP contribution >= 0.6 is 0 Å². The number of nitrogens with zero attached hydrogens (tertiary/aromatic N) is 1. The average molecular weight is 229 g/mol. The van der Waals surface area contributed by atoms with Gasteiger partial charge >= 0.3 is 6.09 Å². The van der Waals surface area contributed by atoms with Gasteiger partial charge in [0.2, 0.25) is 0 Å². The largest absolute Gasteiger partial charge is 0.423 e. The topological polar surface area (TPSA) is 29.5 Å². The molecule has 2 rings (SSSR count). The van der Waals surface area contributed by atoms with E-state index in [0.717, 1.165) is 5.70 Å². The van der Waals surface area contributed by atoms with Crippen molar-refractivity contribution in [1.82, 2.24) is 4.90 Å². The Morgan fingerprint density at radius 2 is 2.00 bits per heavy atom. The minimum atomic E-state index is -0.381. The summed E-state index contributed by atoms with van der Waals surface area (Å²) >= 11 is 0. The SMILES string of the molecule is CC1=CC(C)C=CN1C(=O)Oc1ccccc1. The van der Waals surface area contributed by atoms with Gasteiger partial charge in [0.1, 0.15) is 5.75 Å². The summed E-state index contributed by atoms with van der Waals surface area (Å²) in [5.74, 6) is 0.910. The Morgan fingerprint density at radius 1 is 1.29 bits per heavy atom. The normalized spacial score (nSPS) is 18.8. The minimum absolute atomic E-state index is 0.357. The highest BCUT2D eigenvalue weighted by molar-refractivity contribution is 5.74. The number of hydrogen-bond donors (Lipinski definition) is 0. The van der Waals surface area contributed by atoms with E-state index in [1.54, 1.807) is 18.3 Å². The highest BCUT2D eigenvalue weighted by atomic mass is 16.6. The smallest absolute Gasteiger partial charge is 0.410 e. The van der Waals surface area contributed by atoms with Crippen LogP contribution in [0.4, 0.5) is 4.79 Å². The lowest BCUT2D eigenvalue weighted by atomic mass is 10.1. The summed E-state index contributed by atoms with van der Waals surface area (Å²) in [6.45, 7) is 3.96. The van der Waals surface area contributed by atoms with E-state index in [1.165, 1.54) is 4.90 Å². The van der Waals surface area contributed by atoms with Crippen LogP contribution in [0, 0.1) is 5.92 Å². The van der Waals surface area contributed by atoms with Gasteiger partial charge in [-0.1, -0.05) is 37.3 Å². The van der Waals surface area contributed by atoms with Crippen molar-refractivity contribution in [3.8, 4) is 5.75 Å². The number of benzene rings is 1. The molecule has 3 nitrogen and oxygen atoms in total. The molecule has 0 aliphatic carbocycles. The number of hydrogen-bond acceptors (Lipinski definition) is 2. The molecule has 0 aromatic heterocycles. The van der Waals surface area contributed by atoms with Gasteiger partial charge in [0.25, 0.3) is 0 Å². The van der Waals surface area contributed by atoms with Crippen molar-refractivity contribution >= 4 is 6.09 Å². The zero-order valence-electron chi connectivity index (χ0n) is 9.96. The van der Waals surface area contributed by atoms with Crippen LogP contribution in [0.3, 0.4) is 0 Å². The van der Waals surface area contributed by atoms with Crippen LogP contribution in [0.5, 0.6) is 5.75 Å². The molecule has 0 bridgehead atoms. The van der Waals surface area contributed by atoms with E-state index in [2.05, 4.69) is 6.92 Å². The van der Waals surface area contributed by atoms with Crippen LogP contribution in [0.15, 0.2) is 54.4 Å². The summed E-state index contributed by atoms with van der Waals surface area (Å²) in [4.78, 5) is 13.4. The highest BCUT2D eigenvalue weighted by Crippen LogP contribution is 2.19. The first-order chi connectivity index (χ1) is 8.16. The standard InChI is InChI=1S/C14H15NO2/c1-11-8-9-15(12(2)10-11)14(16)17-13-6-4-3-5-7-13/h3-11H,1-2H3. The van der Waals surface area contributed by atoms with Crippen molar-refractivity contribution in [2.75, 3.05) is 0 Å². The Labute approximate surface area is 101 Å². The van der Waals surface area contributed by atoms with E-state index < -0.39 is 0 Å². The third kappa shape index (κ3) is 2.75. The Bertz CT molecular complexity index is 462. The van der Waals surface area contributed by atoms with E-state index in [9.17, 15) is 4.79 Å². The number of allylic oxidation sites excluding steroid dienone is 3. The fourth-order valence-corrected chi connectivity index (χ4v) is 1.70. The van der Waals surface area contributed by atoms with E-state index >= 15 is 0 Å². The third-order valence-electron chi connectivity index (χ3n) is 2.57. The lowest BCUT2D eigenvalue weighted by molar-refractivity contribution is 0.178. The predicted octanol–water partition coefficient (Wildman–Crippen LogP) is 3.55. The first-order valence-corrected chi connectivity index (χ1v) is 5.59. The second kappa shape index (κ2) is 4.87. The van der Waals surface area contributed by atoms with E-state index in [1.807, 2.05) is 37.3 Å². The zero-order chi connectivity index (χ0) is 12.3. The van der Waals surface area contributed by atoms with Crippen molar-refractivity contribution in [2.24, 2.45) is 5.92 Å². The fraction of sp³-hybridized carbons (Fsp3) is 0.214. The van der Waals surface area contributed by atoms with Crippen LogP contribution in [-0.4, -0.2) is 11.0 Å². The lowest BCUT2D eigenvalue weighted by Crippen LogP contribution is -2.29. The van der Waals surface area contributed by atoms with Gasteiger partial charge in [-0.15, -0.1) is 0 Å². The first-order valence-electron chi connectivity index (χ1n) is 5.59. The molecule has 1 unspecified atom stereocenters. The van der Waals surface area contributed by atoms with Crippen LogP contribution in [0.1, 0.15) is 13.8 Å². The molecule has 0 N–H and O–H groups in total. The van der Waals surface area contributed by atoms with E-state index in [-0.39, 0.29) is 6.09 Å². The monoisotopic (exact) mass is 229 g/mol. The minimum Gasteiger partial charge on any atom is -0.410 e. The van der Waals surface area contributed by atoms with Crippen LogP contribution in [0.2, 0.25) is 0 Å². The van der Waals surface area contributed by atoms with Crippen molar-refractivity contribution in [1.29, 1.82) is 0 Å². The Hall–Kier alpha value is -2.03. The molecular weight excluding hydrogens is 214 g/mol. The van der Waals surface area contributed by atoms with Crippen molar-refractivity contribution in [3.05, 3.63) is 54.4 Å². The molecule has 88 valence electrons. The van der Waals surface area contributed by atoms with Gasteiger partial charge in [-0.05, 0) is 25.0 Å². The number of para-hydroxylation sites is 1. The van der Waals surface area contributed by atoms with Crippen molar-refractivity contribution < 1.29 is 9.53 Å². The number of carbonyl (C=O) groups is 1. The van der Waals surface area contributed by atoms with Crippen molar-refractivity contribution in [3.63, 3.8) is 0 Å². The molecule has 1 amide bonds. The average Bonchev–Trinajstić information content (AvgIpc) is 2.30. The van der Waals surface area contributed by atoms with Gasteiger partial charge in [-0.2, -0.15) is 0 Å². The molecule has 17 heavy (non-hydrogen) atoms. The zero-order valence-corrected chi connectivity index (χ0v) is 9.96. The number of rotatable bonds is 1. The quantitative estimate of drug-likeness (QED) is 0.737. The van der Waals surface area contributed by atoms with Crippen molar-refractivity contribution in [2.45, 2.75) is 13.8 Å². The second-order valence-corrected chi connectivity index (χ2v) is 4.06. The Kier molecular flexibility index (Phi) is 3.28. The molecule has 3 heteroatoms. The maximum absolute atomic E-state index is 11.9. The van der Waals surface area contributed by atoms with Crippen LogP contribution < -0.4 is 4.74 Å². The van der Waals surface area contributed by atoms with Gasteiger partial charge in [-0.3, -0.25) is 4.90 Å². The molecule has 1 aromatic carbocycles. The van der Waals surface area contributed by atoms with Gasteiger partial charge in [0, 0.05) is 11.9 Å². The molecule has 0 saturated heterocycles. The Balaban J connectivity index is 2.07. The summed E-state index contributed by atoms with van der Waals surface area (Å²) in [6, 6.07) is 9.06. The lowest BCUT2D eigenvalue weighted by Gasteiger charge is -2.23. The van der Waals surface area contributed by atoms with E-state index in [0.29, 0.717) is 11.7 Å². The summed E-state index contributed by atoms with van der Waals surface area (Å²) in [5.41, 5.74) is 0.890. The molecule has 1 aliphatic heterocycles. The summed E-state index contributed by atoms with van der Waals surface area (Å²) in [5, 5.41) is 0. The molecule has 1 atom stereocenters. The van der Waals surface area contributed by atoms with Gasteiger partial charge in [0.05, 0.1) is 0 Å². The molecule has 1 aromatic rings. The fourth-order valence-electron chi connectivity index (χ4n) is 1.70. The molecular formula is C14H15NO2. The summed E-state index contributed by atoms with van der Waals surface area (Å²) in [6.07, 6.45) is 5.35. The highest BCUT2D eigenvalue weighted by Gasteiger charge is 2.18. The predicted molar refractivity (Wildman–Crippen MR) is 66.4 cm³/mol. The summed E-state index contributed by atoms with van der Waals surface area (Å²) < 4.78 is 5.25. The molecule has 0 spiro atoms. The van der Waals surface area contributed by atoms with Gasteiger partial charge < -0.3 is 4.74 Å². The molecule has 1 aliphatic rings. The van der Waals surface area contributed by atoms with Crippen LogP contribution in [-0.2, 0) is 0 Å². The van der Waals surface area contributed by atoms with Gasteiger partial charge in [-0.25, -0.2) is 4.79 Å². The third-order valence-corrected chi connectivity index (χ3v) is 2.57. The molecule has 0 saturated carbocycles. The summed E-state index contributed by atoms with van der Waals surface area (Å²) in [7, 11) is 0. The Morgan fingerprint density at radius 3 is 2.65 bits per heavy atom. The van der Waals surface area contributed by atoms with Gasteiger partial charge in [0.15, 0.2) is 0 Å². The maximum Gasteiger partial charge on any atom is 0.423 e. The number of amides is 1. The number of ether oxygens (including phenoxy) is 1. The maximum atomic E-state index is 11.9. The number of carbonyl (C=O) groups excluding carboxylic acids is 1. The molecule has 1 heterocycles. The van der Waals surface area contributed by atoms with E-state index in [4.69, 9.17) is 4.74 Å². The molecule has 0 fully saturated rings. The first kappa shape index (κ1) is 11.5.